The number of rotatable bonds is 8. The van der Waals surface area contributed by atoms with Gasteiger partial charge in [-0.2, -0.15) is 8.78 Å². The number of furan rings is 1. The smallest absolute Gasteiger partial charge is 0.284 e. The Kier molecular flexibility index (Phi) is 6.95. The third kappa shape index (κ3) is 6.34. The largest absolute Gasteiger partial charge is 0.464 e. The van der Waals surface area contributed by atoms with E-state index in [2.05, 4.69) is 22.2 Å². The lowest BCUT2D eigenvalue weighted by atomic mass is 10.3. The van der Waals surface area contributed by atoms with Gasteiger partial charge in [-0.05, 0) is 19.2 Å². The number of halogens is 2. The predicted octanol–water partition coefficient (Wildman–Crippen LogP) is 2.07. The molecular weight excluding hydrogens is 296 g/mol. The van der Waals surface area contributed by atoms with Gasteiger partial charge in [0.25, 0.3) is 5.76 Å². The molecule has 1 aromatic heterocycles. The molecule has 0 atom stereocenters. The fourth-order valence-electron chi connectivity index (χ4n) is 2.26. The quantitative estimate of drug-likeness (QED) is 0.742. The van der Waals surface area contributed by atoms with Crippen molar-refractivity contribution < 1.29 is 13.2 Å². The van der Waals surface area contributed by atoms with E-state index in [9.17, 15) is 8.78 Å². The van der Waals surface area contributed by atoms with Gasteiger partial charge >= 0.3 is 0 Å². The van der Waals surface area contributed by atoms with Crippen molar-refractivity contribution in [3.8, 4) is 0 Å². The summed E-state index contributed by atoms with van der Waals surface area (Å²) >= 11 is 0.587. The molecule has 7 heteroatoms. The molecule has 0 saturated carbocycles. The second-order valence-corrected chi connectivity index (χ2v) is 6.24. The summed E-state index contributed by atoms with van der Waals surface area (Å²) in [5, 5.41) is 3.33. The summed E-state index contributed by atoms with van der Waals surface area (Å²) in [5.41, 5.74) is 0. The minimum atomic E-state index is -2.35. The third-order valence-corrected chi connectivity index (χ3v) is 4.27. The van der Waals surface area contributed by atoms with Crippen LogP contribution >= 0.6 is 11.8 Å². The molecule has 2 rings (SSSR count). The fourth-order valence-corrected chi connectivity index (χ4v) is 2.71. The van der Waals surface area contributed by atoms with E-state index in [0.717, 1.165) is 45.0 Å². The summed E-state index contributed by atoms with van der Waals surface area (Å²) in [4.78, 5) is 4.78. The molecule has 0 aliphatic carbocycles. The Hall–Kier alpha value is -0.630. The van der Waals surface area contributed by atoms with Crippen LogP contribution in [0.1, 0.15) is 11.5 Å². The van der Waals surface area contributed by atoms with Gasteiger partial charge in [-0.15, -0.1) is 0 Å². The van der Waals surface area contributed by atoms with Crippen LogP contribution in [0.3, 0.4) is 0 Å². The maximum absolute atomic E-state index is 12.1. The first-order valence-corrected chi connectivity index (χ1v) is 8.27. The van der Waals surface area contributed by atoms with Crippen LogP contribution < -0.4 is 5.32 Å². The average Bonchev–Trinajstić information content (AvgIpc) is 2.91. The summed E-state index contributed by atoms with van der Waals surface area (Å²) in [5.74, 6) is -0.714. The fraction of sp³-hybridized carbons (Fsp3) is 0.714. The van der Waals surface area contributed by atoms with Crippen LogP contribution in [-0.4, -0.2) is 61.9 Å². The Morgan fingerprint density at radius 1 is 1.24 bits per heavy atom. The first kappa shape index (κ1) is 16.7. The summed E-state index contributed by atoms with van der Waals surface area (Å²) in [6, 6.07) is 3.62. The van der Waals surface area contributed by atoms with Crippen LogP contribution in [0.4, 0.5) is 8.78 Å². The molecular formula is C14H23F2N3OS. The van der Waals surface area contributed by atoms with Crippen LogP contribution in [0.2, 0.25) is 0 Å². The van der Waals surface area contributed by atoms with Gasteiger partial charge in [0.2, 0.25) is 0 Å². The van der Waals surface area contributed by atoms with Crippen LogP contribution in [-0.2, 0) is 12.3 Å². The highest BCUT2D eigenvalue weighted by atomic mass is 32.2. The van der Waals surface area contributed by atoms with Gasteiger partial charge in [-0.1, -0.05) is 11.8 Å². The first-order chi connectivity index (χ1) is 10.1. The minimum absolute atomic E-state index is 0.221. The van der Waals surface area contributed by atoms with Gasteiger partial charge in [0, 0.05) is 39.3 Å². The molecule has 1 saturated heterocycles. The minimum Gasteiger partial charge on any atom is -0.464 e. The van der Waals surface area contributed by atoms with Crippen molar-refractivity contribution in [2.45, 2.75) is 18.1 Å². The number of hydrogen-bond acceptors (Lipinski definition) is 5. The van der Waals surface area contributed by atoms with E-state index in [1.807, 2.05) is 6.07 Å². The van der Waals surface area contributed by atoms with E-state index < -0.39 is 5.76 Å². The number of thioether (sulfide) groups is 1. The van der Waals surface area contributed by atoms with Crippen LogP contribution in [0, 0.1) is 0 Å². The van der Waals surface area contributed by atoms with E-state index in [0.29, 0.717) is 24.1 Å². The highest BCUT2D eigenvalue weighted by Crippen LogP contribution is 2.21. The zero-order chi connectivity index (χ0) is 15.1. The Bertz CT molecular complexity index is 409. The van der Waals surface area contributed by atoms with Crippen molar-refractivity contribution in [3.05, 3.63) is 23.7 Å². The molecule has 0 radical (unpaired) electrons. The van der Waals surface area contributed by atoms with Gasteiger partial charge in [-0.3, -0.25) is 4.90 Å². The second-order valence-electron chi connectivity index (χ2n) is 5.26. The van der Waals surface area contributed by atoms with E-state index in [-0.39, 0.29) is 5.75 Å². The number of nitrogens with zero attached hydrogens (tertiary/aromatic N) is 2. The number of alkyl halides is 2. The molecule has 1 aromatic rings. The van der Waals surface area contributed by atoms with Gasteiger partial charge in [-0.25, -0.2) is 0 Å². The van der Waals surface area contributed by atoms with Crippen molar-refractivity contribution >= 4 is 11.8 Å². The van der Waals surface area contributed by atoms with Crippen molar-refractivity contribution in [1.29, 1.82) is 0 Å². The Morgan fingerprint density at radius 2 is 1.95 bits per heavy atom. The van der Waals surface area contributed by atoms with Gasteiger partial charge in [0.15, 0.2) is 0 Å². The normalized spacial score (nSPS) is 17.7. The monoisotopic (exact) mass is 319 g/mol. The highest BCUT2D eigenvalue weighted by Gasteiger charge is 2.12. The molecule has 1 aliphatic heterocycles. The second kappa shape index (κ2) is 8.73. The zero-order valence-electron chi connectivity index (χ0n) is 12.4. The summed E-state index contributed by atoms with van der Waals surface area (Å²) in [6.07, 6.45) is 0. The molecule has 1 N–H and O–H groups in total. The van der Waals surface area contributed by atoms with E-state index >= 15 is 0 Å². The maximum Gasteiger partial charge on any atom is 0.284 e. The summed E-state index contributed by atoms with van der Waals surface area (Å²) < 4.78 is 29.7. The summed E-state index contributed by atoms with van der Waals surface area (Å²) in [7, 11) is 2.15. The van der Waals surface area contributed by atoms with E-state index in [1.54, 1.807) is 6.07 Å². The molecule has 21 heavy (non-hydrogen) atoms. The number of piperazine rings is 1. The molecule has 0 spiro atoms. The van der Waals surface area contributed by atoms with Gasteiger partial charge in [0.1, 0.15) is 11.5 Å². The molecule has 1 aliphatic rings. The lowest BCUT2D eigenvalue weighted by molar-refractivity contribution is 0.154. The third-order valence-electron chi connectivity index (χ3n) is 3.57. The van der Waals surface area contributed by atoms with Gasteiger partial charge < -0.3 is 14.6 Å². The SMILES string of the molecule is CN1CCN(CCNCc2ccc(CSC(F)F)o2)CC1. The Balaban J connectivity index is 1.58. The predicted molar refractivity (Wildman–Crippen MR) is 81.7 cm³/mol. The average molecular weight is 319 g/mol. The molecule has 0 unspecified atom stereocenters. The molecule has 0 amide bonds. The number of nitrogens with one attached hydrogen (secondary N) is 1. The maximum atomic E-state index is 12.1. The van der Waals surface area contributed by atoms with E-state index in [4.69, 9.17) is 4.42 Å². The highest BCUT2D eigenvalue weighted by molar-refractivity contribution is 7.98. The molecule has 2 heterocycles. The van der Waals surface area contributed by atoms with Crippen LogP contribution in [0.5, 0.6) is 0 Å². The topological polar surface area (TPSA) is 31.6 Å². The number of likely N-dealkylation sites (N-methyl/N-ethyl adjacent to an activating group) is 1. The first-order valence-electron chi connectivity index (χ1n) is 7.22. The summed E-state index contributed by atoms with van der Waals surface area (Å²) in [6.45, 7) is 7.08. The standard InChI is InChI=1S/C14H23F2N3OS/c1-18-6-8-19(9-7-18)5-4-17-10-12-2-3-13(20-12)11-21-14(15)16/h2-3,14,17H,4-11H2,1H3. The zero-order valence-corrected chi connectivity index (χ0v) is 13.2. The van der Waals surface area contributed by atoms with Crippen molar-refractivity contribution in [1.82, 2.24) is 15.1 Å². The van der Waals surface area contributed by atoms with Crippen LogP contribution in [0.15, 0.2) is 16.5 Å². The van der Waals surface area contributed by atoms with Crippen LogP contribution in [0.25, 0.3) is 0 Å². The molecule has 120 valence electrons. The number of hydrogen-bond donors (Lipinski definition) is 1. The molecule has 0 bridgehead atoms. The van der Waals surface area contributed by atoms with Crippen molar-refractivity contribution in [3.63, 3.8) is 0 Å². The lowest BCUT2D eigenvalue weighted by Crippen LogP contribution is -2.46. The van der Waals surface area contributed by atoms with E-state index in [1.165, 1.54) is 0 Å². The Labute approximate surface area is 128 Å². The van der Waals surface area contributed by atoms with Crippen molar-refractivity contribution in [2.75, 3.05) is 46.3 Å². The molecule has 0 aromatic carbocycles. The molecule has 4 nitrogen and oxygen atoms in total. The Morgan fingerprint density at radius 3 is 2.67 bits per heavy atom. The lowest BCUT2D eigenvalue weighted by Gasteiger charge is -2.32. The van der Waals surface area contributed by atoms with Gasteiger partial charge in [0.05, 0.1) is 12.3 Å². The molecule has 1 fully saturated rings. The van der Waals surface area contributed by atoms with Crippen molar-refractivity contribution in [2.24, 2.45) is 0 Å².